The standard InChI is InChI=1S/C30H29FN6O3/c1-4-33-15-18(2)36-30(38)21-12-26(39-3)28(35-16-21)27-13-24-29(40-27)23(7-9-34-24)19-5-6-25(20(11-19)14-32)37-10-8-22(31)17-37/h4-7,9,11-13,16,18,22,33H,1,8,10,15,17H2,2-3H3,(H,36,38)/t18-,22+/m1/s1. The van der Waals surface area contributed by atoms with Crippen LogP contribution in [0.15, 0.2) is 66.0 Å². The minimum absolute atomic E-state index is 0.123. The number of amides is 1. The van der Waals surface area contributed by atoms with E-state index in [0.717, 1.165) is 16.8 Å². The molecule has 4 heterocycles. The van der Waals surface area contributed by atoms with Gasteiger partial charge in [-0.1, -0.05) is 12.6 Å². The third kappa shape index (κ3) is 5.31. The average molecular weight is 541 g/mol. The fraction of sp³-hybridized carbons (Fsp3) is 0.267. The smallest absolute Gasteiger partial charge is 0.253 e. The van der Waals surface area contributed by atoms with Gasteiger partial charge in [0.05, 0.1) is 23.9 Å². The molecule has 1 aromatic carbocycles. The Kier molecular flexibility index (Phi) is 7.64. The largest absolute Gasteiger partial charge is 0.494 e. The van der Waals surface area contributed by atoms with Crippen molar-refractivity contribution < 1.29 is 18.3 Å². The zero-order valence-electron chi connectivity index (χ0n) is 22.3. The quantitative estimate of drug-likeness (QED) is 0.310. The minimum Gasteiger partial charge on any atom is -0.494 e. The molecule has 0 aliphatic carbocycles. The molecule has 2 N–H and O–H groups in total. The molecule has 1 saturated heterocycles. The van der Waals surface area contributed by atoms with Crippen LogP contribution in [0.4, 0.5) is 10.1 Å². The van der Waals surface area contributed by atoms with Gasteiger partial charge in [-0.05, 0) is 49.4 Å². The van der Waals surface area contributed by atoms with Crippen LogP contribution in [-0.4, -0.2) is 54.8 Å². The lowest BCUT2D eigenvalue weighted by molar-refractivity contribution is 0.0939. The molecule has 10 heteroatoms. The highest BCUT2D eigenvalue weighted by molar-refractivity contribution is 5.96. The summed E-state index contributed by atoms with van der Waals surface area (Å²) in [7, 11) is 1.50. The number of aromatic nitrogens is 2. The number of anilines is 1. The van der Waals surface area contributed by atoms with Gasteiger partial charge in [0, 0.05) is 49.7 Å². The summed E-state index contributed by atoms with van der Waals surface area (Å²) in [5, 5.41) is 15.7. The van der Waals surface area contributed by atoms with Crippen molar-refractivity contribution in [2.45, 2.75) is 25.6 Å². The Morgan fingerprint density at radius 1 is 1.35 bits per heavy atom. The van der Waals surface area contributed by atoms with Gasteiger partial charge >= 0.3 is 0 Å². The van der Waals surface area contributed by atoms with E-state index in [4.69, 9.17) is 9.15 Å². The van der Waals surface area contributed by atoms with Crippen molar-refractivity contribution in [2.24, 2.45) is 0 Å². The molecule has 1 amide bonds. The van der Waals surface area contributed by atoms with Gasteiger partial charge in [0.1, 0.15) is 29.2 Å². The lowest BCUT2D eigenvalue weighted by Crippen LogP contribution is -2.38. The SMILES string of the molecule is C=CNC[C@@H](C)NC(=O)c1cnc(-c2cc3nccc(-c4ccc(N5CC[C@H](F)C5)c(C#N)c4)c3o2)c(OC)c1. The summed E-state index contributed by atoms with van der Waals surface area (Å²) in [5.74, 6) is 0.514. The average Bonchev–Trinajstić information content (AvgIpc) is 3.61. The first-order chi connectivity index (χ1) is 19.4. The van der Waals surface area contributed by atoms with Gasteiger partial charge in [-0.2, -0.15) is 5.26 Å². The minimum atomic E-state index is -0.884. The molecule has 3 aromatic heterocycles. The van der Waals surface area contributed by atoms with Crippen LogP contribution >= 0.6 is 0 Å². The number of carbonyl (C=O) groups is 1. The second-order valence-corrected chi connectivity index (χ2v) is 9.62. The molecule has 1 aliphatic heterocycles. The third-order valence-electron chi connectivity index (χ3n) is 6.83. The number of carbonyl (C=O) groups excluding carboxylic acids is 1. The van der Waals surface area contributed by atoms with Crippen LogP contribution in [0.25, 0.3) is 33.7 Å². The molecule has 0 unspecified atom stereocenters. The number of furan rings is 1. The third-order valence-corrected chi connectivity index (χ3v) is 6.83. The van der Waals surface area contributed by atoms with E-state index in [2.05, 4.69) is 33.2 Å². The van der Waals surface area contributed by atoms with Gasteiger partial charge in [0.2, 0.25) is 0 Å². The van der Waals surface area contributed by atoms with Gasteiger partial charge in [0.15, 0.2) is 11.3 Å². The van der Waals surface area contributed by atoms with E-state index in [1.54, 1.807) is 30.6 Å². The summed E-state index contributed by atoms with van der Waals surface area (Å²) in [4.78, 5) is 23.5. The highest BCUT2D eigenvalue weighted by atomic mass is 19.1. The van der Waals surface area contributed by atoms with E-state index in [1.165, 1.54) is 13.3 Å². The van der Waals surface area contributed by atoms with E-state index in [0.29, 0.717) is 58.9 Å². The van der Waals surface area contributed by atoms with Crippen LogP contribution in [0.1, 0.15) is 29.3 Å². The normalized spacial score (nSPS) is 15.4. The lowest BCUT2D eigenvalue weighted by Gasteiger charge is -2.19. The predicted molar refractivity (Wildman–Crippen MR) is 151 cm³/mol. The topological polar surface area (TPSA) is 116 Å². The zero-order valence-corrected chi connectivity index (χ0v) is 22.3. The number of alkyl halides is 1. The van der Waals surface area contributed by atoms with Crippen molar-refractivity contribution in [2.75, 3.05) is 31.6 Å². The molecule has 40 heavy (non-hydrogen) atoms. The van der Waals surface area contributed by atoms with Crippen LogP contribution in [-0.2, 0) is 0 Å². The van der Waals surface area contributed by atoms with Crippen LogP contribution in [0.5, 0.6) is 5.75 Å². The van der Waals surface area contributed by atoms with E-state index < -0.39 is 6.17 Å². The van der Waals surface area contributed by atoms with Gasteiger partial charge in [-0.3, -0.25) is 9.78 Å². The Labute approximate surface area is 231 Å². The van der Waals surface area contributed by atoms with Crippen molar-refractivity contribution in [1.29, 1.82) is 5.26 Å². The van der Waals surface area contributed by atoms with E-state index >= 15 is 0 Å². The molecule has 0 saturated carbocycles. The number of methoxy groups -OCH3 is 1. The number of pyridine rings is 2. The molecule has 1 aliphatic rings. The highest BCUT2D eigenvalue weighted by Crippen LogP contribution is 2.37. The maximum Gasteiger partial charge on any atom is 0.253 e. The van der Waals surface area contributed by atoms with Crippen molar-refractivity contribution >= 4 is 22.7 Å². The number of rotatable bonds is 9. The van der Waals surface area contributed by atoms with E-state index in [1.807, 2.05) is 30.0 Å². The first-order valence-electron chi connectivity index (χ1n) is 12.9. The fourth-order valence-corrected chi connectivity index (χ4v) is 4.82. The Bertz CT molecular complexity index is 1610. The number of ether oxygens (including phenoxy) is 1. The van der Waals surface area contributed by atoms with Crippen LogP contribution in [0.2, 0.25) is 0 Å². The lowest BCUT2D eigenvalue weighted by atomic mass is 10.0. The van der Waals surface area contributed by atoms with Crippen LogP contribution in [0, 0.1) is 11.3 Å². The Morgan fingerprint density at radius 3 is 2.92 bits per heavy atom. The van der Waals surface area contributed by atoms with Gasteiger partial charge < -0.3 is 24.7 Å². The maximum absolute atomic E-state index is 13.8. The summed E-state index contributed by atoms with van der Waals surface area (Å²) in [5.41, 5.74) is 4.61. The van der Waals surface area contributed by atoms with Crippen molar-refractivity contribution in [3.63, 3.8) is 0 Å². The molecule has 204 valence electrons. The fourth-order valence-electron chi connectivity index (χ4n) is 4.82. The summed E-state index contributed by atoms with van der Waals surface area (Å²) in [6, 6.07) is 12.9. The number of nitrogens with one attached hydrogen (secondary N) is 2. The monoisotopic (exact) mass is 540 g/mol. The predicted octanol–water partition coefficient (Wildman–Crippen LogP) is 4.84. The Hall–Kier alpha value is -4.91. The number of nitriles is 1. The molecule has 5 rings (SSSR count). The number of nitrogens with zero attached hydrogens (tertiary/aromatic N) is 4. The highest BCUT2D eigenvalue weighted by Gasteiger charge is 2.25. The Balaban J connectivity index is 1.46. The molecule has 2 atom stereocenters. The first kappa shape index (κ1) is 26.7. The molecular formula is C30H29FN6O3. The Morgan fingerprint density at radius 2 is 2.20 bits per heavy atom. The summed E-state index contributed by atoms with van der Waals surface area (Å²) < 4.78 is 25.6. The number of hydrogen-bond donors (Lipinski definition) is 2. The summed E-state index contributed by atoms with van der Waals surface area (Å²) in [6.07, 6.45) is 4.29. The maximum atomic E-state index is 13.8. The zero-order chi connectivity index (χ0) is 28.2. The van der Waals surface area contributed by atoms with Gasteiger partial charge in [0.25, 0.3) is 5.91 Å². The molecule has 0 bridgehead atoms. The number of fused-ring (bicyclic) bond motifs is 1. The van der Waals surface area contributed by atoms with E-state index in [-0.39, 0.29) is 18.5 Å². The molecular weight excluding hydrogens is 511 g/mol. The first-order valence-corrected chi connectivity index (χ1v) is 12.9. The molecule has 1 fully saturated rings. The van der Waals surface area contributed by atoms with Crippen LogP contribution in [0.3, 0.4) is 0 Å². The van der Waals surface area contributed by atoms with Crippen molar-refractivity contribution in [1.82, 2.24) is 20.6 Å². The second kappa shape index (κ2) is 11.5. The molecule has 0 radical (unpaired) electrons. The molecule has 9 nitrogen and oxygen atoms in total. The molecule has 0 spiro atoms. The molecule has 4 aromatic rings. The van der Waals surface area contributed by atoms with Crippen molar-refractivity contribution in [3.8, 4) is 34.4 Å². The number of hydrogen-bond acceptors (Lipinski definition) is 8. The van der Waals surface area contributed by atoms with Gasteiger partial charge in [-0.15, -0.1) is 0 Å². The van der Waals surface area contributed by atoms with Gasteiger partial charge in [-0.25, -0.2) is 9.37 Å². The van der Waals surface area contributed by atoms with Crippen molar-refractivity contribution in [3.05, 3.63) is 72.7 Å². The second-order valence-electron chi connectivity index (χ2n) is 9.62. The number of halogens is 1. The van der Waals surface area contributed by atoms with E-state index in [9.17, 15) is 14.4 Å². The summed E-state index contributed by atoms with van der Waals surface area (Å²) in [6.45, 7) is 6.90. The van der Waals surface area contributed by atoms with Crippen LogP contribution < -0.4 is 20.3 Å². The number of benzene rings is 1. The summed E-state index contributed by atoms with van der Waals surface area (Å²) >= 11 is 0.